The van der Waals surface area contributed by atoms with Crippen LogP contribution in [0.1, 0.15) is 17.5 Å². The van der Waals surface area contributed by atoms with Crippen molar-refractivity contribution < 1.29 is 9.47 Å². The zero-order valence-electron chi connectivity index (χ0n) is 10.6. The van der Waals surface area contributed by atoms with Crippen molar-refractivity contribution in [2.75, 3.05) is 26.3 Å². The van der Waals surface area contributed by atoms with Crippen LogP contribution in [0.3, 0.4) is 0 Å². The van der Waals surface area contributed by atoms with E-state index in [9.17, 15) is 0 Å². The molecular weight excluding hydrogens is 250 g/mol. The average molecular weight is 268 g/mol. The van der Waals surface area contributed by atoms with Gasteiger partial charge >= 0.3 is 0 Å². The van der Waals surface area contributed by atoms with Gasteiger partial charge in [-0.1, -0.05) is 23.7 Å². The van der Waals surface area contributed by atoms with Gasteiger partial charge in [0.1, 0.15) is 0 Å². The first-order valence-corrected chi connectivity index (χ1v) is 6.80. The first-order chi connectivity index (χ1) is 8.67. The molecule has 2 saturated heterocycles. The van der Waals surface area contributed by atoms with Crippen LogP contribution in [0.2, 0.25) is 5.02 Å². The van der Waals surface area contributed by atoms with Crippen LogP contribution in [0.15, 0.2) is 18.2 Å². The van der Waals surface area contributed by atoms with E-state index in [2.05, 4.69) is 17.0 Å². The molecule has 0 atom stereocenters. The number of nitrogens with zero attached hydrogens (tertiary/aromatic N) is 1. The summed E-state index contributed by atoms with van der Waals surface area (Å²) in [5, 5.41) is 0.833. The summed E-state index contributed by atoms with van der Waals surface area (Å²) in [6.07, 6.45) is 0.972. The molecule has 1 aromatic rings. The lowest BCUT2D eigenvalue weighted by Crippen LogP contribution is -2.34. The molecule has 1 spiro atoms. The Labute approximate surface area is 113 Å². The normalized spacial score (nSPS) is 23.0. The van der Waals surface area contributed by atoms with Gasteiger partial charge in [-0.25, -0.2) is 0 Å². The second-order valence-corrected chi connectivity index (χ2v) is 5.56. The monoisotopic (exact) mass is 267 g/mol. The van der Waals surface area contributed by atoms with Gasteiger partial charge in [-0.15, -0.1) is 0 Å². The molecule has 0 aromatic heterocycles. The average Bonchev–Trinajstić information content (AvgIpc) is 2.96. The molecule has 2 aliphatic rings. The molecule has 2 heterocycles. The fraction of sp³-hybridized carbons (Fsp3) is 0.571. The maximum absolute atomic E-state index is 6.04. The zero-order chi connectivity index (χ0) is 12.6. The van der Waals surface area contributed by atoms with Crippen LogP contribution >= 0.6 is 11.6 Å². The van der Waals surface area contributed by atoms with Crippen LogP contribution in [0.25, 0.3) is 0 Å². The number of halogens is 1. The van der Waals surface area contributed by atoms with E-state index in [4.69, 9.17) is 21.1 Å². The number of rotatable bonds is 2. The quantitative estimate of drug-likeness (QED) is 0.822. The fourth-order valence-corrected chi connectivity index (χ4v) is 2.88. The number of ether oxygens (including phenoxy) is 2. The van der Waals surface area contributed by atoms with Gasteiger partial charge < -0.3 is 9.47 Å². The van der Waals surface area contributed by atoms with E-state index >= 15 is 0 Å². The predicted molar refractivity (Wildman–Crippen MR) is 70.7 cm³/mol. The summed E-state index contributed by atoms with van der Waals surface area (Å²) in [6.45, 7) is 6.34. The van der Waals surface area contributed by atoms with Crippen molar-refractivity contribution in [1.82, 2.24) is 4.90 Å². The van der Waals surface area contributed by atoms with Crippen molar-refractivity contribution >= 4 is 11.6 Å². The molecule has 0 saturated carbocycles. The Morgan fingerprint density at radius 3 is 2.83 bits per heavy atom. The van der Waals surface area contributed by atoms with Gasteiger partial charge in [0, 0.05) is 24.5 Å². The zero-order valence-corrected chi connectivity index (χ0v) is 11.4. The molecule has 3 rings (SSSR count). The molecule has 18 heavy (non-hydrogen) atoms. The minimum absolute atomic E-state index is 0.318. The number of likely N-dealkylation sites (tertiary alicyclic amines) is 1. The Balaban J connectivity index is 1.65. The molecule has 0 bridgehead atoms. The lowest BCUT2D eigenvalue weighted by molar-refractivity contribution is -0.145. The van der Waals surface area contributed by atoms with E-state index < -0.39 is 0 Å². The molecule has 2 fully saturated rings. The molecule has 4 heteroatoms. The van der Waals surface area contributed by atoms with E-state index in [0.29, 0.717) is 0 Å². The molecule has 1 aromatic carbocycles. The topological polar surface area (TPSA) is 21.7 Å². The Hall–Kier alpha value is -0.610. The number of benzene rings is 1. The van der Waals surface area contributed by atoms with Gasteiger partial charge in [-0.3, -0.25) is 4.90 Å². The van der Waals surface area contributed by atoms with Crippen molar-refractivity contribution in [2.24, 2.45) is 0 Å². The van der Waals surface area contributed by atoms with E-state index in [0.717, 1.165) is 49.9 Å². The lowest BCUT2D eigenvalue weighted by atomic mass is 10.1. The molecular formula is C14H18ClNO2. The summed E-state index contributed by atoms with van der Waals surface area (Å²) in [6, 6.07) is 6.22. The van der Waals surface area contributed by atoms with Crippen molar-refractivity contribution in [3.63, 3.8) is 0 Å². The maximum Gasteiger partial charge on any atom is 0.182 e. The van der Waals surface area contributed by atoms with Gasteiger partial charge in [-0.05, 0) is 24.1 Å². The van der Waals surface area contributed by atoms with Crippen LogP contribution in [-0.2, 0) is 16.0 Å². The first-order valence-electron chi connectivity index (χ1n) is 6.42. The highest BCUT2D eigenvalue weighted by Crippen LogP contribution is 2.31. The molecule has 0 unspecified atom stereocenters. The van der Waals surface area contributed by atoms with Gasteiger partial charge in [0.25, 0.3) is 0 Å². The van der Waals surface area contributed by atoms with Crippen molar-refractivity contribution in [3.8, 4) is 0 Å². The largest absolute Gasteiger partial charge is 0.346 e. The standard InChI is InChI=1S/C14H18ClNO2/c1-11-8-12(2-3-13(11)15)9-16-5-4-14(10-16)17-6-7-18-14/h2-3,8H,4-7,9-10H2,1H3. The Kier molecular flexibility index (Phi) is 3.32. The summed E-state index contributed by atoms with van der Waals surface area (Å²) in [5.74, 6) is -0.318. The molecule has 0 amide bonds. The Bertz CT molecular complexity index is 443. The van der Waals surface area contributed by atoms with Crippen LogP contribution < -0.4 is 0 Å². The van der Waals surface area contributed by atoms with Crippen LogP contribution in [0.5, 0.6) is 0 Å². The summed E-state index contributed by atoms with van der Waals surface area (Å²) in [4.78, 5) is 2.38. The van der Waals surface area contributed by atoms with E-state index in [1.54, 1.807) is 0 Å². The van der Waals surface area contributed by atoms with Gasteiger partial charge in [0.05, 0.1) is 19.8 Å². The molecule has 0 radical (unpaired) electrons. The molecule has 3 nitrogen and oxygen atoms in total. The number of hydrogen-bond acceptors (Lipinski definition) is 3. The van der Waals surface area contributed by atoms with Crippen LogP contribution in [0.4, 0.5) is 0 Å². The van der Waals surface area contributed by atoms with Crippen LogP contribution in [0, 0.1) is 6.92 Å². The van der Waals surface area contributed by atoms with Gasteiger partial charge in [0.15, 0.2) is 5.79 Å². The predicted octanol–water partition coefficient (Wildman–Crippen LogP) is 2.60. The van der Waals surface area contributed by atoms with E-state index in [1.807, 2.05) is 13.0 Å². The smallest absolute Gasteiger partial charge is 0.182 e. The summed E-state index contributed by atoms with van der Waals surface area (Å²) in [7, 11) is 0. The lowest BCUT2D eigenvalue weighted by Gasteiger charge is -2.22. The third kappa shape index (κ3) is 2.41. The highest BCUT2D eigenvalue weighted by molar-refractivity contribution is 6.31. The first kappa shape index (κ1) is 12.4. The fourth-order valence-electron chi connectivity index (χ4n) is 2.76. The minimum atomic E-state index is -0.318. The Morgan fingerprint density at radius 2 is 2.11 bits per heavy atom. The maximum atomic E-state index is 6.04. The van der Waals surface area contributed by atoms with Crippen molar-refractivity contribution in [3.05, 3.63) is 34.3 Å². The second kappa shape index (κ2) is 4.82. The summed E-state index contributed by atoms with van der Waals surface area (Å²) >= 11 is 6.04. The highest BCUT2D eigenvalue weighted by atomic mass is 35.5. The van der Waals surface area contributed by atoms with Crippen LogP contribution in [-0.4, -0.2) is 37.0 Å². The molecule has 98 valence electrons. The SMILES string of the molecule is Cc1cc(CN2CCC3(C2)OCCO3)ccc1Cl. The molecule has 0 N–H and O–H groups in total. The summed E-state index contributed by atoms with van der Waals surface area (Å²) < 4.78 is 11.5. The van der Waals surface area contributed by atoms with E-state index in [-0.39, 0.29) is 5.79 Å². The van der Waals surface area contributed by atoms with Crippen molar-refractivity contribution in [2.45, 2.75) is 25.7 Å². The summed E-state index contributed by atoms with van der Waals surface area (Å²) in [5.41, 5.74) is 2.43. The van der Waals surface area contributed by atoms with E-state index in [1.165, 1.54) is 5.56 Å². The van der Waals surface area contributed by atoms with Crippen molar-refractivity contribution in [1.29, 1.82) is 0 Å². The number of hydrogen-bond donors (Lipinski definition) is 0. The third-order valence-electron chi connectivity index (χ3n) is 3.72. The highest BCUT2D eigenvalue weighted by Gasteiger charge is 2.42. The molecule has 0 aliphatic carbocycles. The molecule has 2 aliphatic heterocycles. The van der Waals surface area contributed by atoms with Gasteiger partial charge in [0.2, 0.25) is 0 Å². The Morgan fingerprint density at radius 1 is 1.33 bits per heavy atom. The minimum Gasteiger partial charge on any atom is -0.346 e. The second-order valence-electron chi connectivity index (χ2n) is 5.15. The van der Waals surface area contributed by atoms with Gasteiger partial charge in [-0.2, -0.15) is 0 Å². The number of aryl methyl sites for hydroxylation is 1. The third-order valence-corrected chi connectivity index (χ3v) is 4.14.